The molecule has 0 aliphatic rings. The second-order valence-corrected chi connectivity index (χ2v) is 2.58. The van der Waals surface area contributed by atoms with Gasteiger partial charge < -0.3 is 14.9 Å². The van der Waals surface area contributed by atoms with Gasteiger partial charge in [-0.25, -0.2) is 4.79 Å². The SMILES string of the molecule is CCCC(=O)OC(CCO)C(=O)O. The van der Waals surface area contributed by atoms with E-state index in [1.54, 1.807) is 6.92 Å². The minimum atomic E-state index is -1.22. The molecule has 0 aromatic rings. The van der Waals surface area contributed by atoms with Crippen LogP contribution in [0.1, 0.15) is 26.2 Å². The van der Waals surface area contributed by atoms with Crippen LogP contribution in [0.4, 0.5) is 0 Å². The number of carbonyl (C=O) groups is 2. The first-order valence-electron chi connectivity index (χ1n) is 4.15. The first-order chi connectivity index (χ1) is 6.11. The van der Waals surface area contributed by atoms with Gasteiger partial charge in [0.05, 0.1) is 0 Å². The molecule has 76 valence electrons. The zero-order chi connectivity index (χ0) is 10.3. The Labute approximate surface area is 76.3 Å². The van der Waals surface area contributed by atoms with Crippen molar-refractivity contribution < 1.29 is 24.5 Å². The summed E-state index contributed by atoms with van der Waals surface area (Å²) in [5.74, 6) is -1.76. The highest BCUT2D eigenvalue weighted by Gasteiger charge is 2.20. The number of esters is 1. The van der Waals surface area contributed by atoms with Crippen LogP contribution in [0.25, 0.3) is 0 Å². The van der Waals surface area contributed by atoms with Crippen LogP contribution in [-0.2, 0) is 14.3 Å². The summed E-state index contributed by atoms with van der Waals surface area (Å²) in [6, 6.07) is 0. The van der Waals surface area contributed by atoms with Crippen molar-refractivity contribution >= 4 is 11.9 Å². The van der Waals surface area contributed by atoms with Crippen molar-refractivity contribution in [2.24, 2.45) is 0 Å². The van der Waals surface area contributed by atoms with Crippen molar-refractivity contribution in [2.75, 3.05) is 6.61 Å². The van der Waals surface area contributed by atoms with E-state index in [1.165, 1.54) is 0 Å². The summed E-state index contributed by atoms with van der Waals surface area (Å²) in [5, 5.41) is 17.0. The zero-order valence-electron chi connectivity index (χ0n) is 7.52. The maximum atomic E-state index is 10.9. The van der Waals surface area contributed by atoms with Gasteiger partial charge in [-0.3, -0.25) is 4.79 Å². The molecule has 0 saturated heterocycles. The van der Waals surface area contributed by atoms with Crippen LogP contribution in [0.3, 0.4) is 0 Å². The van der Waals surface area contributed by atoms with Gasteiger partial charge in [0.25, 0.3) is 0 Å². The summed E-state index contributed by atoms with van der Waals surface area (Å²) in [6.07, 6.45) is -0.464. The minimum Gasteiger partial charge on any atom is -0.479 e. The van der Waals surface area contributed by atoms with E-state index in [4.69, 9.17) is 10.2 Å². The van der Waals surface area contributed by atoms with E-state index in [9.17, 15) is 9.59 Å². The van der Waals surface area contributed by atoms with Crippen molar-refractivity contribution in [3.63, 3.8) is 0 Å². The monoisotopic (exact) mass is 190 g/mol. The minimum absolute atomic E-state index is 0.0647. The molecule has 5 heteroatoms. The molecule has 0 aromatic heterocycles. The van der Waals surface area contributed by atoms with E-state index in [1.807, 2.05) is 0 Å². The lowest BCUT2D eigenvalue weighted by atomic mass is 10.2. The van der Waals surface area contributed by atoms with Gasteiger partial charge in [0.15, 0.2) is 0 Å². The van der Waals surface area contributed by atoms with Gasteiger partial charge in [0.1, 0.15) is 0 Å². The Hall–Kier alpha value is -1.10. The Bertz CT molecular complexity index is 177. The number of hydrogen-bond acceptors (Lipinski definition) is 4. The Morgan fingerprint density at radius 1 is 1.46 bits per heavy atom. The molecule has 0 spiro atoms. The summed E-state index contributed by atoms with van der Waals surface area (Å²) in [6.45, 7) is 1.49. The Balaban J connectivity index is 3.94. The highest BCUT2D eigenvalue weighted by molar-refractivity contribution is 5.77. The van der Waals surface area contributed by atoms with Crippen LogP contribution in [-0.4, -0.2) is 34.9 Å². The van der Waals surface area contributed by atoms with Crippen LogP contribution >= 0.6 is 0 Å². The van der Waals surface area contributed by atoms with Crippen LogP contribution in [0.15, 0.2) is 0 Å². The molecule has 0 fully saturated rings. The molecule has 0 rings (SSSR count). The van der Waals surface area contributed by atoms with Crippen LogP contribution < -0.4 is 0 Å². The number of ether oxygens (including phenoxy) is 1. The van der Waals surface area contributed by atoms with E-state index < -0.39 is 18.0 Å². The molecular formula is C8H14O5. The summed E-state index contributed by atoms with van der Waals surface area (Å²) in [7, 11) is 0. The lowest BCUT2D eigenvalue weighted by Crippen LogP contribution is -2.27. The standard InChI is InChI=1S/C8H14O5/c1-2-3-7(10)13-6(4-5-9)8(11)12/h6,9H,2-5H2,1H3,(H,11,12). The number of hydrogen-bond donors (Lipinski definition) is 2. The maximum absolute atomic E-state index is 10.9. The third-order valence-electron chi connectivity index (χ3n) is 1.39. The van der Waals surface area contributed by atoms with E-state index in [2.05, 4.69) is 4.74 Å². The zero-order valence-corrected chi connectivity index (χ0v) is 7.52. The molecule has 0 aliphatic carbocycles. The molecule has 0 aromatic carbocycles. The summed E-state index contributed by atoms with van der Waals surface area (Å²) < 4.78 is 4.59. The Morgan fingerprint density at radius 3 is 2.46 bits per heavy atom. The molecule has 0 saturated carbocycles. The molecule has 0 heterocycles. The average molecular weight is 190 g/mol. The number of aliphatic hydroxyl groups is 1. The first-order valence-corrected chi connectivity index (χ1v) is 4.15. The molecular weight excluding hydrogens is 176 g/mol. The Morgan fingerprint density at radius 2 is 2.08 bits per heavy atom. The van der Waals surface area contributed by atoms with Gasteiger partial charge in [-0.15, -0.1) is 0 Å². The third kappa shape index (κ3) is 5.19. The van der Waals surface area contributed by atoms with E-state index in [0.29, 0.717) is 6.42 Å². The quantitative estimate of drug-likeness (QED) is 0.583. The topological polar surface area (TPSA) is 83.8 Å². The fourth-order valence-corrected chi connectivity index (χ4v) is 0.772. The van der Waals surface area contributed by atoms with Crippen LogP contribution in [0.2, 0.25) is 0 Å². The highest BCUT2D eigenvalue weighted by atomic mass is 16.6. The van der Waals surface area contributed by atoms with Crippen molar-refractivity contribution in [3.8, 4) is 0 Å². The fraction of sp³-hybridized carbons (Fsp3) is 0.750. The largest absolute Gasteiger partial charge is 0.479 e. The number of rotatable bonds is 6. The molecule has 1 atom stereocenters. The normalized spacial score (nSPS) is 12.2. The van der Waals surface area contributed by atoms with Gasteiger partial charge in [-0.1, -0.05) is 6.92 Å². The molecule has 0 amide bonds. The van der Waals surface area contributed by atoms with Gasteiger partial charge >= 0.3 is 11.9 Å². The third-order valence-corrected chi connectivity index (χ3v) is 1.39. The van der Waals surface area contributed by atoms with E-state index in [0.717, 1.165) is 0 Å². The smallest absolute Gasteiger partial charge is 0.345 e. The molecule has 5 nitrogen and oxygen atoms in total. The predicted octanol–water partition coefficient (Wildman–Crippen LogP) is 0.165. The molecule has 13 heavy (non-hydrogen) atoms. The molecule has 1 unspecified atom stereocenters. The maximum Gasteiger partial charge on any atom is 0.345 e. The predicted molar refractivity (Wildman–Crippen MR) is 44.1 cm³/mol. The lowest BCUT2D eigenvalue weighted by Gasteiger charge is -2.11. The summed E-state index contributed by atoms with van der Waals surface area (Å²) in [5.41, 5.74) is 0. The van der Waals surface area contributed by atoms with Gasteiger partial charge in [-0.05, 0) is 6.42 Å². The average Bonchev–Trinajstić information content (AvgIpc) is 2.04. The lowest BCUT2D eigenvalue weighted by molar-refractivity contribution is -0.165. The van der Waals surface area contributed by atoms with E-state index in [-0.39, 0.29) is 19.4 Å². The Kier molecular flexibility index (Phi) is 5.88. The first kappa shape index (κ1) is 11.9. The van der Waals surface area contributed by atoms with E-state index >= 15 is 0 Å². The number of aliphatic carboxylic acids is 1. The molecule has 2 N–H and O–H groups in total. The van der Waals surface area contributed by atoms with Gasteiger partial charge in [-0.2, -0.15) is 0 Å². The number of carboxylic acids is 1. The highest BCUT2D eigenvalue weighted by Crippen LogP contribution is 2.02. The summed E-state index contributed by atoms with van der Waals surface area (Å²) >= 11 is 0. The molecule has 0 bridgehead atoms. The van der Waals surface area contributed by atoms with Crippen molar-refractivity contribution in [1.29, 1.82) is 0 Å². The second kappa shape index (κ2) is 6.42. The molecule has 0 aliphatic heterocycles. The van der Waals surface area contributed by atoms with Crippen molar-refractivity contribution in [1.82, 2.24) is 0 Å². The number of aliphatic hydroxyl groups excluding tert-OH is 1. The second-order valence-electron chi connectivity index (χ2n) is 2.58. The molecule has 0 radical (unpaired) electrons. The van der Waals surface area contributed by atoms with Gasteiger partial charge in [0.2, 0.25) is 6.10 Å². The number of carboxylic acid groups (broad SMARTS) is 1. The van der Waals surface area contributed by atoms with Crippen LogP contribution in [0, 0.1) is 0 Å². The fourth-order valence-electron chi connectivity index (χ4n) is 0.772. The van der Waals surface area contributed by atoms with Crippen molar-refractivity contribution in [3.05, 3.63) is 0 Å². The number of carbonyl (C=O) groups excluding carboxylic acids is 1. The van der Waals surface area contributed by atoms with Crippen molar-refractivity contribution in [2.45, 2.75) is 32.3 Å². The van der Waals surface area contributed by atoms with Gasteiger partial charge in [0, 0.05) is 19.4 Å². The summed E-state index contributed by atoms with van der Waals surface area (Å²) in [4.78, 5) is 21.3. The van der Waals surface area contributed by atoms with Crippen LogP contribution in [0.5, 0.6) is 0 Å².